The van der Waals surface area contributed by atoms with E-state index in [9.17, 15) is 8.78 Å². The fraction of sp³-hybridized carbons (Fsp3) is 0.0526. The molecule has 29 heavy (non-hydrogen) atoms. The summed E-state index contributed by atoms with van der Waals surface area (Å²) in [7, 11) is -1.51. The van der Waals surface area contributed by atoms with Crippen molar-refractivity contribution in [3.63, 3.8) is 0 Å². The Labute approximate surface area is 184 Å². The van der Waals surface area contributed by atoms with Crippen molar-refractivity contribution in [2.45, 2.75) is 7.43 Å². The molecule has 0 unspecified atom stereocenters. The van der Waals surface area contributed by atoms with Gasteiger partial charge in [-0.15, -0.1) is 22.7 Å². The van der Waals surface area contributed by atoms with Crippen molar-refractivity contribution < 1.29 is 18.8 Å². The maximum Gasteiger partial charge on any atom is 0.488 e. The molecule has 0 aliphatic heterocycles. The lowest BCUT2D eigenvalue weighted by Crippen LogP contribution is -2.29. The van der Waals surface area contributed by atoms with Gasteiger partial charge in [-0.05, 0) is 57.8 Å². The summed E-state index contributed by atoms with van der Waals surface area (Å²) in [4.78, 5) is 7.96. The minimum absolute atomic E-state index is 0. The third-order valence-electron chi connectivity index (χ3n) is 3.09. The van der Waals surface area contributed by atoms with Crippen LogP contribution in [0.3, 0.4) is 0 Å². The first-order valence-corrected chi connectivity index (χ1v) is 10.3. The molecular formula is C19H18BBrF2N2O2S2. The van der Waals surface area contributed by atoms with Crippen molar-refractivity contribution in [3.05, 3.63) is 87.2 Å². The zero-order valence-electron chi connectivity index (χ0n) is 14.2. The van der Waals surface area contributed by atoms with Crippen molar-refractivity contribution >= 4 is 51.2 Å². The van der Waals surface area contributed by atoms with Gasteiger partial charge in [0.15, 0.2) is 3.92 Å². The van der Waals surface area contributed by atoms with Crippen molar-refractivity contribution in [1.29, 1.82) is 0 Å². The monoisotopic (exact) mass is 498 g/mol. The van der Waals surface area contributed by atoms with Crippen LogP contribution in [0.25, 0.3) is 10.6 Å². The first-order valence-electron chi connectivity index (χ1n) is 7.77. The number of halogens is 3. The first-order chi connectivity index (χ1) is 13.5. The highest BCUT2D eigenvalue weighted by molar-refractivity contribution is 9.11. The molecular weight excluding hydrogens is 481 g/mol. The lowest BCUT2D eigenvalue weighted by molar-refractivity contribution is 0.425. The Bertz CT molecular complexity index is 924. The van der Waals surface area contributed by atoms with Gasteiger partial charge >= 0.3 is 7.12 Å². The molecule has 4 aromatic rings. The minimum atomic E-state index is -1.51. The van der Waals surface area contributed by atoms with Crippen LogP contribution in [0.5, 0.6) is 0 Å². The van der Waals surface area contributed by atoms with Crippen LogP contribution in [0.15, 0.2) is 75.6 Å². The highest BCUT2D eigenvalue weighted by Crippen LogP contribution is 2.21. The fourth-order valence-corrected chi connectivity index (χ4v) is 3.24. The Hall–Kier alpha value is -1.98. The van der Waals surface area contributed by atoms with Crippen LogP contribution in [0.1, 0.15) is 7.43 Å². The number of hydrogen-bond donors (Lipinski definition) is 2. The molecule has 10 heteroatoms. The number of rotatable bonds is 2. The van der Waals surface area contributed by atoms with E-state index >= 15 is 0 Å². The standard InChI is InChI=1S/C9H6FNS.C6H6BFO2.C3H2BrNS.CH4/c10-8-3-1-7(2-4-8)9-11-5-6-12-9;8-6-3-1-5(2-4-6)7(9)10;4-3-5-1-2-6-3;/h1-6H;1-4,9-10H;1-2H;1H4. The zero-order chi connectivity index (χ0) is 20.4. The zero-order valence-corrected chi connectivity index (χ0v) is 17.5. The van der Waals surface area contributed by atoms with Gasteiger partial charge in [-0.1, -0.05) is 19.6 Å². The maximum atomic E-state index is 12.5. The molecule has 4 rings (SSSR count). The van der Waals surface area contributed by atoms with E-state index in [0.717, 1.165) is 14.5 Å². The van der Waals surface area contributed by atoms with Crippen LogP contribution in [-0.2, 0) is 0 Å². The molecule has 0 spiro atoms. The summed E-state index contributed by atoms with van der Waals surface area (Å²) in [5.74, 6) is -0.597. The summed E-state index contributed by atoms with van der Waals surface area (Å²) < 4.78 is 25.6. The SMILES string of the molecule is Brc1nccs1.C.Fc1ccc(-c2nccs2)cc1.OB(O)c1ccc(F)cc1. The molecule has 0 aliphatic rings. The van der Waals surface area contributed by atoms with E-state index in [0.29, 0.717) is 5.46 Å². The van der Waals surface area contributed by atoms with Crippen LogP contribution in [0, 0.1) is 11.6 Å². The first kappa shape index (κ1) is 25.1. The number of hydrogen-bond acceptors (Lipinski definition) is 6. The molecule has 0 amide bonds. The van der Waals surface area contributed by atoms with Gasteiger partial charge in [0, 0.05) is 28.7 Å². The average molecular weight is 499 g/mol. The Kier molecular flexibility index (Phi) is 11.5. The van der Waals surface area contributed by atoms with E-state index in [1.165, 1.54) is 36.4 Å². The molecule has 152 valence electrons. The normalized spacial score (nSPS) is 9.28. The third-order valence-corrected chi connectivity index (χ3v) is 5.24. The molecule has 4 nitrogen and oxygen atoms in total. The van der Waals surface area contributed by atoms with E-state index < -0.39 is 7.12 Å². The quantitative estimate of drug-likeness (QED) is 0.382. The molecule has 0 saturated heterocycles. The second kappa shape index (κ2) is 13.3. The van der Waals surface area contributed by atoms with Gasteiger partial charge in [-0.2, -0.15) is 0 Å². The van der Waals surface area contributed by atoms with E-state index in [2.05, 4.69) is 25.9 Å². The van der Waals surface area contributed by atoms with Crippen molar-refractivity contribution in [2.24, 2.45) is 0 Å². The van der Waals surface area contributed by atoms with Gasteiger partial charge in [0.05, 0.1) is 0 Å². The molecule has 0 bridgehead atoms. The Morgan fingerprint density at radius 3 is 1.69 bits per heavy atom. The van der Waals surface area contributed by atoms with Gasteiger partial charge in [0.25, 0.3) is 0 Å². The lowest BCUT2D eigenvalue weighted by atomic mass is 9.80. The van der Waals surface area contributed by atoms with Crippen LogP contribution >= 0.6 is 38.6 Å². The number of aromatic nitrogens is 2. The van der Waals surface area contributed by atoms with E-state index in [4.69, 9.17) is 10.0 Å². The van der Waals surface area contributed by atoms with Crippen molar-refractivity contribution in [1.82, 2.24) is 9.97 Å². The maximum absolute atomic E-state index is 12.5. The number of benzene rings is 2. The molecule has 0 aliphatic carbocycles. The van der Waals surface area contributed by atoms with Gasteiger partial charge in [-0.3, -0.25) is 0 Å². The summed E-state index contributed by atoms with van der Waals surface area (Å²) in [6.07, 6.45) is 3.50. The van der Waals surface area contributed by atoms with Crippen LogP contribution in [0.4, 0.5) is 8.78 Å². The van der Waals surface area contributed by atoms with Gasteiger partial charge < -0.3 is 10.0 Å². The van der Waals surface area contributed by atoms with Crippen LogP contribution in [0.2, 0.25) is 0 Å². The minimum Gasteiger partial charge on any atom is -0.423 e. The molecule has 2 heterocycles. The van der Waals surface area contributed by atoms with Crippen molar-refractivity contribution in [2.75, 3.05) is 0 Å². The molecule has 2 N–H and O–H groups in total. The van der Waals surface area contributed by atoms with Crippen LogP contribution in [-0.4, -0.2) is 27.1 Å². The Morgan fingerprint density at radius 2 is 1.31 bits per heavy atom. The topological polar surface area (TPSA) is 66.2 Å². The molecule has 0 radical (unpaired) electrons. The molecule has 0 atom stereocenters. The predicted molar refractivity (Wildman–Crippen MR) is 120 cm³/mol. The summed E-state index contributed by atoms with van der Waals surface area (Å²) in [6, 6.07) is 11.3. The molecule has 2 aromatic heterocycles. The van der Waals surface area contributed by atoms with E-state index in [1.54, 1.807) is 47.2 Å². The van der Waals surface area contributed by atoms with E-state index in [1.807, 2.05) is 10.8 Å². The van der Waals surface area contributed by atoms with Gasteiger partial charge in [-0.25, -0.2) is 18.7 Å². The molecule has 2 aromatic carbocycles. The van der Waals surface area contributed by atoms with Crippen molar-refractivity contribution in [3.8, 4) is 10.6 Å². The summed E-state index contributed by atoms with van der Waals surface area (Å²) in [5.41, 5.74) is 1.26. The van der Waals surface area contributed by atoms with Crippen LogP contribution < -0.4 is 5.46 Å². The Balaban J connectivity index is 0.000000225. The van der Waals surface area contributed by atoms with Gasteiger partial charge in [0.1, 0.15) is 16.6 Å². The smallest absolute Gasteiger partial charge is 0.423 e. The Morgan fingerprint density at radius 1 is 0.793 bits per heavy atom. The number of nitrogens with zero attached hydrogens (tertiary/aromatic N) is 2. The highest BCUT2D eigenvalue weighted by atomic mass is 79.9. The van der Waals surface area contributed by atoms with E-state index in [-0.39, 0.29) is 19.1 Å². The second-order valence-electron chi connectivity index (χ2n) is 5.05. The average Bonchev–Trinajstić information content (AvgIpc) is 3.38. The summed E-state index contributed by atoms with van der Waals surface area (Å²) in [6.45, 7) is 0. The largest absolute Gasteiger partial charge is 0.488 e. The summed E-state index contributed by atoms with van der Waals surface area (Å²) in [5, 5.41) is 21.8. The highest BCUT2D eigenvalue weighted by Gasteiger charge is 2.08. The predicted octanol–water partition coefficient (Wildman–Crippen LogP) is 5.00. The number of thiazole rings is 2. The summed E-state index contributed by atoms with van der Waals surface area (Å²) >= 11 is 6.32. The molecule has 0 saturated carbocycles. The second-order valence-corrected chi connectivity index (χ2v) is 8.12. The fourth-order valence-electron chi connectivity index (χ4n) is 1.80. The lowest BCUT2D eigenvalue weighted by Gasteiger charge is -1.95. The molecule has 0 fully saturated rings. The third kappa shape index (κ3) is 9.38. The van der Waals surface area contributed by atoms with Gasteiger partial charge in [0.2, 0.25) is 0 Å².